The monoisotopic (exact) mass is 178 g/mol. The smallest absolute Gasteiger partial charge is 0.238 e. The van der Waals surface area contributed by atoms with Gasteiger partial charge in [0, 0.05) is 6.92 Å². The van der Waals surface area contributed by atoms with Crippen molar-refractivity contribution in [2.45, 2.75) is 33.0 Å². The Hall–Kier alpha value is -1.18. The summed E-state index contributed by atoms with van der Waals surface area (Å²) in [5.74, 6) is 1.76. The van der Waals surface area contributed by atoms with Crippen LogP contribution in [0.3, 0.4) is 0 Å². The molecule has 1 atom stereocenters. The molecule has 1 aliphatic rings. The molecular weight excluding hydrogens is 164 g/mol. The number of aryl methyl sites for hydroxylation is 1. The van der Waals surface area contributed by atoms with Crippen LogP contribution in [0.1, 0.15) is 25.8 Å². The predicted octanol–water partition coefficient (Wildman–Crippen LogP) is 2.76. The molecule has 0 saturated carbocycles. The van der Waals surface area contributed by atoms with Crippen LogP contribution < -0.4 is 9.47 Å². The van der Waals surface area contributed by atoms with E-state index in [4.69, 9.17) is 9.47 Å². The van der Waals surface area contributed by atoms with Crippen LogP contribution >= 0.6 is 0 Å². The van der Waals surface area contributed by atoms with Crippen molar-refractivity contribution in [3.8, 4) is 11.5 Å². The molecule has 2 rings (SSSR count). The zero-order chi connectivity index (χ0) is 9.26. The largest absolute Gasteiger partial charge is 0.451 e. The Bertz CT molecular complexity index is 307. The van der Waals surface area contributed by atoms with Gasteiger partial charge in [-0.2, -0.15) is 0 Å². The SMILES string of the molecule is CCCc1ccc2c(c1)OC(C)O2. The third kappa shape index (κ3) is 1.62. The highest BCUT2D eigenvalue weighted by Crippen LogP contribution is 2.35. The van der Waals surface area contributed by atoms with Crippen LogP contribution in [0.4, 0.5) is 0 Å². The minimum atomic E-state index is -0.133. The first kappa shape index (κ1) is 8.42. The van der Waals surface area contributed by atoms with Crippen molar-refractivity contribution in [3.63, 3.8) is 0 Å². The van der Waals surface area contributed by atoms with E-state index in [0.717, 1.165) is 24.3 Å². The van der Waals surface area contributed by atoms with Crippen LogP contribution in [-0.4, -0.2) is 6.29 Å². The van der Waals surface area contributed by atoms with Crippen molar-refractivity contribution in [3.05, 3.63) is 23.8 Å². The van der Waals surface area contributed by atoms with Gasteiger partial charge in [0.2, 0.25) is 6.29 Å². The van der Waals surface area contributed by atoms with E-state index in [1.165, 1.54) is 5.56 Å². The van der Waals surface area contributed by atoms with E-state index in [-0.39, 0.29) is 6.29 Å². The molecule has 1 aromatic rings. The summed E-state index contributed by atoms with van der Waals surface area (Å²) in [4.78, 5) is 0. The zero-order valence-electron chi connectivity index (χ0n) is 8.04. The van der Waals surface area contributed by atoms with Crippen LogP contribution in [0.2, 0.25) is 0 Å². The number of rotatable bonds is 2. The zero-order valence-corrected chi connectivity index (χ0v) is 8.04. The molecule has 1 heterocycles. The molecular formula is C11H14O2. The van der Waals surface area contributed by atoms with Gasteiger partial charge in [-0.25, -0.2) is 0 Å². The number of ether oxygens (including phenoxy) is 2. The summed E-state index contributed by atoms with van der Waals surface area (Å²) in [5, 5.41) is 0. The van der Waals surface area contributed by atoms with Crippen molar-refractivity contribution < 1.29 is 9.47 Å². The van der Waals surface area contributed by atoms with Gasteiger partial charge in [0.25, 0.3) is 0 Å². The van der Waals surface area contributed by atoms with Crippen LogP contribution in [0.25, 0.3) is 0 Å². The minimum Gasteiger partial charge on any atom is -0.451 e. The van der Waals surface area contributed by atoms with Gasteiger partial charge in [-0.05, 0) is 24.1 Å². The van der Waals surface area contributed by atoms with E-state index >= 15 is 0 Å². The molecule has 0 fully saturated rings. The summed E-state index contributed by atoms with van der Waals surface area (Å²) >= 11 is 0. The highest BCUT2D eigenvalue weighted by atomic mass is 16.7. The van der Waals surface area contributed by atoms with Crippen LogP contribution in [0.15, 0.2) is 18.2 Å². The normalized spacial score (nSPS) is 19.1. The Morgan fingerprint density at radius 3 is 2.77 bits per heavy atom. The first-order valence-electron chi connectivity index (χ1n) is 4.76. The third-order valence-electron chi connectivity index (χ3n) is 2.13. The van der Waals surface area contributed by atoms with E-state index in [1.54, 1.807) is 0 Å². The van der Waals surface area contributed by atoms with Crippen molar-refractivity contribution >= 4 is 0 Å². The quantitative estimate of drug-likeness (QED) is 0.693. The van der Waals surface area contributed by atoms with Crippen LogP contribution in [0, 0.1) is 0 Å². The van der Waals surface area contributed by atoms with E-state index in [9.17, 15) is 0 Å². The third-order valence-corrected chi connectivity index (χ3v) is 2.13. The summed E-state index contributed by atoms with van der Waals surface area (Å²) in [7, 11) is 0. The van der Waals surface area contributed by atoms with Gasteiger partial charge >= 0.3 is 0 Å². The number of fused-ring (bicyclic) bond motifs is 1. The first-order chi connectivity index (χ1) is 6.29. The number of benzene rings is 1. The average molecular weight is 178 g/mol. The highest BCUT2D eigenvalue weighted by molar-refractivity contribution is 5.44. The Labute approximate surface area is 78.5 Å². The maximum absolute atomic E-state index is 5.47. The lowest BCUT2D eigenvalue weighted by atomic mass is 10.1. The van der Waals surface area contributed by atoms with Gasteiger partial charge in [-0.1, -0.05) is 19.4 Å². The summed E-state index contributed by atoms with van der Waals surface area (Å²) in [6.07, 6.45) is 2.13. The fraction of sp³-hybridized carbons (Fsp3) is 0.455. The molecule has 2 nitrogen and oxygen atoms in total. The fourth-order valence-electron chi connectivity index (χ4n) is 1.57. The molecule has 70 valence electrons. The molecule has 0 saturated heterocycles. The Morgan fingerprint density at radius 1 is 1.23 bits per heavy atom. The predicted molar refractivity (Wildman–Crippen MR) is 51.2 cm³/mol. The molecule has 0 radical (unpaired) electrons. The lowest BCUT2D eigenvalue weighted by Crippen LogP contribution is -2.11. The van der Waals surface area contributed by atoms with Gasteiger partial charge in [0.15, 0.2) is 11.5 Å². The molecule has 1 unspecified atom stereocenters. The fourth-order valence-corrected chi connectivity index (χ4v) is 1.57. The second-order valence-corrected chi connectivity index (χ2v) is 3.33. The van der Waals surface area contributed by atoms with Crippen LogP contribution in [0.5, 0.6) is 11.5 Å². The van der Waals surface area contributed by atoms with Crippen molar-refractivity contribution in [2.24, 2.45) is 0 Å². The van der Waals surface area contributed by atoms with Crippen molar-refractivity contribution in [2.75, 3.05) is 0 Å². The molecule has 1 aromatic carbocycles. The standard InChI is InChI=1S/C11H14O2/c1-3-4-9-5-6-10-11(7-9)13-8(2)12-10/h5-8H,3-4H2,1-2H3. The molecule has 0 spiro atoms. The van der Waals surface area contributed by atoms with Gasteiger partial charge in [-0.3, -0.25) is 0 Å². The Morgan fingerprint density at radius 2 is 2.00 bits per heavy atom. The first-order valence-corrected chi connectivity index (χ1v) is 4.76. The molecule has 2 heteroatoms. The summed E-state index contributed by atoms with van der Waals surface area (Å²) < 4.78 is 10.9. The Kier molecular flexibility index (Phi) is 2.13. The van der Waals surface area contributed by atoms with Gasteiger partial charge in [0.1, 0.15) is 0 Å². The number of hydrogen-bond acceptors (Lipinski definition) is 2. The van der Waals surface area contributed by atoms with E-state index in [1.807, 2.05) is 13.0 Å². The summed E-state index contributed by atoms with van der Waals surface area (Å²) in [6, 6.07) is 6.16. The average Bonchev–Trinajstić information content (AvgIpc) is 2.44. The summed E-state index contributed by atoms with van der Waals surface area (Å²) in [5.41, 5.74) is 1.32. The van der Waals surface area contributed by atoms with E-state index in [0.29, 0.717) is 0 Å². The molecule has 0 bridgehead atoms. The Balaban J connectivity index is 2.24. The van der Waals surface area contributed by atoms with Crippen molar-refractivity contribution in [1.29, 1.82) is 0 Å². The van der Waals surface area contributed by atoms with Crippen molar-refractivity contribution in [1.82, 2.24) is 0 Å². The minimum absolute atomic E-state index is 0.133. The molecule has 0 amide bonds. The van der Waals surface area contributed by atoms with Crippen LogP contribution in [-0.2, 0) is 6.42 Å². The maximum Gasteiger partial charge on any atom is 0.238 e. The van der Waals surface area contributed by atoms with Gasteiger partial charge in [0.05, 0.1) is 0 Å². The second kappa shape index (κ2) is 3.29. The van der Waals surface area contributed by atoms with Gasteiger partial charge in [-0.15, -0.1) is 0 Å². The molecule has 0 aromatic heterocycles. The topological polar surface area (TPSA) is 18.5 Å². The van der Waals surface area contributed by atoms with E-state index < -0.39 is 0 Å². The van der Waals surface area contributed by atoms with Gasteiger partial charge < -0.3 is 9.47 Å². The molecule has 0 N–H and O–H groups in total. The molecule has 1 aliphatic heterocycles. The highest BCUT2D eigenvalue weighted by Gasteiger charge is 2.19. The second-order valence-electron chi connectivity index (χ2n) is 3.33. The van der Waals surface area contributed by atoms with E-state index in [2.05, 4.69) is 19.1 Å². The number of hydrogen-bond donors (Lipinski definition) is 0. The summed E-state index contributed by atoms with van der Waals surface area (Å²) in [6.45, 7) is 4.08. The molecule has 0 aliphatic carbocycles. The lowest BCUT2D eigenvalue weighted by Gasteiger charge is -2.00. The lowest BCUT2D eigenvalue weighted by molar-refractivity contribution is 0.0678. The maximum atomic E-state index is 5.47. The molecule has 13 heavy (non-hydrogen) atoms.